The number of rotatable bonds is 2. The molecule has 2 nitrogen and oxygen atoms in total. The molecule has 0 saturated heterocycles. The van der Waals surface area contributed by atoms with Gasteiger partial charge in [-0.1, -0.05) is 30.3 Å². The van der Waals surface area contributed by atoms with Crippen molar-refractivity contribution in [2.45, 2.75) is 18.9 Å². The summed E-state index contributed by atoms with van der Waals surface area (Å²) in [5.41, 5.74) is 8.40. The topological polar surface area (TPSA) is 35.2 Å². The zero-order valence-corrected chi connectivity index (χ0v) is 10.6. The standard InChI is InChI=1S/C16H16FNO/c17-13-8-12-6-7-14(10-18)19-16(12)15(9-13)11-4-2-1-3-5-11/h1-5,8-9,14H,6-7,10,18H2/t14-/m0/s1. The van der Waals surface area contributed by atoms with E-state index in [0.717, 1.165) is 35.3 Å². The summed E-state index contributed by atoms with van der Waals surface area (Å²) in [4.78, 5) is 0. The fourth-order valence-corrected chi connectivity index (χ4v) is 2.52. The number of fused-ring (bicyclic) bond motifs is 1. The largest absolute Gasteiger partial charge is 0.488 e. The highest BCUT2D eigenvalue weighted by molar-refractivity contribution is 5.72. The maximum atomic E-state index is 13.7. The fraction of sp³-hybridized carbons (Fsp3) is 0.250. The molecule has 0 bridgehead atoms. The molecule has 2 N–H and O–H groups in total. The minimum atomic E-state index is -0.215. The van der Waals surface area contributed by atoms with Crippen molar-refractivity contribution >= 4 is 0 Å². The first kappa shape index (κ1) is 12.2. The molecule has 1 heterocycles. The summed E-state index contributed by atoms with van der Waals surface area (Å²) in [5.74, 6) is 0.571. The number of halogens is 1. The first-order chi connectivity index (χ1) is 9.28. The molecule has 3 rings (SSSR count). The molecule has 2 aromatic carbocycles. The molecule has 0 amide bonds. The van der Waals surface area contributed by atoms with Gasteiger partial charge in [0.15, 0.2) is 0 Å². The number of benzene rings is 2. The Bertz CT molecular complexity index is 583. The van der Waals surface area contributed by atoms with Gasteiger partial charge in [0.2, 0.25) is 0 Å². The average Bonchev–Trinajstić information content (AvgIpc) is 2.47. The highest BCUT2D eigenvalue weighted by Gasteiger charge is 2.22. The fourth-order valence-electron chi connectivity index (χ4n) is 2.52. The zero-order chi connectivity index (χ0) is 13.2. The van der Waals surface area contributed by atoms with Crippen LogP contribution >= 0.6 is 0 Å². The lowest BCUT2D eigenvalue weighted by Crippen LogP contribution is -2.30. The molecule has 0 fully saturated rings. The molecular formula is C16H16FNO. The highest BCUT2D eigenvalue weighted by Crippen LogP contribution is 2.38. The molecule has 0 aliphatic carbocycles. The van der Waals surface area contributed by atoms with Crippen molar-refractivity contribution in [3.05, 3.63) is 53.8 Å². The van der Waals surface area contributed by atoms with Gasteiger partial charge in [0, 0.05) is 12.1 Å². The molecule has 0 spiro atoms. The van der Waals surface area contributed by atoms with E-state index in [2.05, 4.69) is 0 Å². The molecule has 19 heavy (non-hydrogen) atoms. The average molecular weight is 257 g/mol. The lowest BCUT2D eigenvalue weighted by atomic mass is 9.95. The molecule has 0 radical (unpaired) electrons. The van der Waals surface area contributed by atoms with Gasteiger partial charge in [-0.3, -0.25) is 0 Å². The minimum absolute atomic E-state index is 0.0282. The first-order valence-corrected chi connectivity index (χ1v) is 6.52. The Labute approximate surface area is 112 Å². The lowest BCUT2D eigenvalue weighted by molar-refractivity contribution is 0.182. The number of aryl methyl sites for hydroxylation is 1. The monoisotopic (exact) mass is 257 g/mol. The summed E-state index contributed by atoms with van der Waals surface area (Å²) in [6, 6.07) is 12.8. The number of nitrogens with two attached hydrogens (primary N) is 1. The molecule has 1 atom stereocenters. The van der Waals surface area contributed by atoms with E-state index in [-0.39, 0.29) is 11.9 Å². The summed E-state index contributed by atoms with van der Waals surface area (Å²) >= 11 is 0. The van der Waals surface area contributed by atoms with Crippen molar-refractivity contribution in [3.63, 3.8) is 0 Å². The van der Waals surface area contributed by atoms with E-state index in [9.17, 15) is 4.39 Å². The summed E-state index contributed by atoms with van der Waals surface area (Å²) in [6.07, 6.45) is 1.69. The van der Waals surface area contributed by atoms with Gasteiger partial charge in [0.1, 0.15) is 17.7 Å². The molecule has 2 aromatic rings. The first-order valence-electron chi connectivity index (χ1n) is 6.52. The van der Waals surface area contributed by atoms with Crippen LogP contribution in [0.3, 0.4) is 0 Å². The van der Waals surface area contributed by atoms with E-state index in [4.69, 9.17) is 10.5 Å². The summed E-state index contributed by atoms with van der Waals surface area (Å²) in [5, 5.41) is 0. The van der Waals surface area contributed by atoms with Crippen LogP contribution in [0.4, 0.5) is 4.39 Å². The van der Waals surface area contributed by atoms with Gasteiger partial charge in [-0.15, -0.1) is 0 Å². The Balaban J connectivity index is 2.12. The molecule has 0 aromatic heterocycles. The third-order valence-electron chi connectivity index (χ3n) is 3.50. The van der Waals surface area contributed by atoms with Crippen LogP contribution in [0, 0.1) is 5.82 Å². The summed E-state index contributed by atoms with van der Waals surface area (Å²) < 4.78 is 19.7. The van der Waals surface area contributed by atoms with Crippen molar-refractivity contribution in [3.8, 4) is 16.9 Å². The van der Waals surface area contributed by atoms with Gasteiger partial charge in [0.05, 0.1) is 0 Å². The Morgan fingerprint density at radius 3 is 2.74 bits per heavy atom. The van der Waals surface area contributed by atoms with Gasteiger partial charge >= 0.3 is 0 Å². The number of hydrogen-bond acceptors (Lipinski definition) is 2. The molecule has 1 aliphatic rings. The second-order valence-electron chi connectivity index (χ2n) is 4.82. The summed E-state index contributed by atoms with van der Waals surface area (Å²) in [7, 11) is 0. The van der Waals surface area contributed by atoms with Gasteiger partial charge in [-0.25, -0.2) is 4.39 Å². The van der Waals surface area contributed by atoms with E-state index in [1.807, 2.05) is 30.3 Å². The van der Waals surface area contributed by atoms with Crippen molar-refractivity contribution in [1.82, 2.24) is 0 Å². The lowest BCUT2D eigenvalue weighted by Gasteiger charge is -2.27. The van der Waals surface area contributed by atoms with Crippen LogP contribution in [0.15, 0.2) is 42.5 Å². The van der Waals surface area contributed by atoms with Gasteiger partial charge < -0.3 is 10.5 Å². The van der Waals surface area contributed by atoms with Crippen LogP contribution in [0.5, 0.6) is 5.75 Å². The smallest absolute Gasteiger partial charge is 0.131 e. The van der Waals surface area contributed by atoms with E-state index in [1.165, 1.54) is 6.07 Å². The molecule has 1 aliphatic heterocycles. The predicted molar refractivity (Wildman–Crippen MR) is 73.6 cm³/mol. The molecular weight excluding hydrogens is 241 g/mol. The third-order valence-corrected chi connectivity index (χ3v) is 3.50. The van der Waals surface area contributed by atoms with Crippen LogP contribution in [-0.2, 0) is 6.42 Å². The highest BCUT2D eigenvalue weighted by atomic mass is 19.1. The number of hydrogen-bond donors (Lipinski definition) is 1. The van der Waals surface area contributed by atoms with Crippen LogP contribution in [-0.4, -0.2) is 12.6 Å². The van der Waals surface area contributed by atoms with Gasteiger partial charge in [-0.2, -0.15) is 0 Å². The number of ether oxygens (including phenoxy) is 1. The summed E-state index contributed by atoms with van der Waals surface area (Å²) in [6.45, 7) is 0.491. The zero-order valence-electron chi connectivity index (χ0n) is 10.6. The Morgan fingerprint density at radius 1 is 1.21 bits per heavy atom. The van der Waals surface area contributed by atoms with Crippen molar-refractivity contribution < 1.29 is 9.13 Å². The normalized spacial score (nSPS) is 17.7. The second-order valence-corrected chi connectivity index (χ2v) is 4.82. The quantitative estimate of drug-likeness (QED) is 0.897. The Kier molecular flexibility index (Phi) is 3.22. The van der Waals surface area contributed by atoms with Crippen molar-refractivity contribution in [2.24, 2.45) is 5.73 Å². The predicted octanol–water partition coefficient (Wildman–Crippen LogP) is 3.15. The minimum Gasteiger partial charge on any atom is -0.488 e. The molecule has 98 valence electrons. The van der Waals surface area contributed by atoms with E-state index in [0.29, 0.717) is 6.54 Å². The van der Waals surface area contributed by atoms with Crippen molar-refractivity contribution in [1.29, 1.82) is 0 Å². The Hall–Kier alpha value is -1.87. The van der Waals surface area contributed by atoms with E-state index in [1.54, 1.807) is 6.07 Å². The Morgan fingerprint density at radius 2 is 2.00 bits per heavy atom. The molecule has 0 saturated carbocycles. The second kappa shape index (κ2) is 5.02. The van der Waals surface area contributed by atoms with Crippen LogP contribution in [0.2, 0.25) is 0 Å². The van der Waals surface area contributed by atoms with Crippen LogP contribution in [0.25, 0.3) is 11.1 Å². The van der Waals surface area contributed by atoms with Gasteiger partial charge in [0.25, 0.3) is 0 Å². The van der Waals surface area contributed by atoms with E-state index >= 15 is 0 Å². The maximum absolute atomic E-state index is 13.7. The van der Waals surface area contributed by atoms with Crippen LogP contribution < -0.4 is 10.5 Å². The van der Waals surface area contributed by atoms with Crippen molar-refractivity contribution in [2.75, 3.05) is 6.54 Å². The molecule has 3 heteroatoms. The van der Waals surface area contributed by atoms with E-state index < -0.39 is 0 Å². The van der Waals surface area contributed by atoms with Gasteiger partial charge in [-0.05, 0) is 36.1 Å². The van der Waals surface area contributed by atoms with Crippen LogP contribution in [0.1, 0.15) is 12.0 Å². The SMILES string of the molecule is NC[C@@H]1CCc2cc(F)cc(-c3ccccc3)c2O1. The third kappa shape index (κ3) is 2.34. The molecule has 0 unspecified atom stereocenters. The maximum Gasteiger partial charge on any atom is 0.131 e.